The molecule has 0 radical (unpaired) electrons. The Bertz CT molecular complexity index is 433. The summed E-state index contributed by atoms with van der Waals surface area (Å²) in [6, 6.07) is 5.79. The summed E-state index contributed by atoms with van der Waals surface area (Å²) in [6.07, 6.45) is 0. The zero-order chi connectivity index (χ0) is 8.72. The zero-order valence-electron chi connectivity index (χ0n) is 6.40. The summed E-state index contributed by atoms with van der Waals surface area (Å²) in [4.78, 5) is 0. The van der Waals surface area contributed by atoms with Gasteiger partial charge in [0.25, 0.3) is 0 Å². The third-order valence-electron chi connectivity index (χ3n) is 1.79. The van der Waals surface area contributed by atoms with Gasteiger partial charge in [-0.2, -0.15) is 0 Å². The monoisotopic (exact) mass is 292 g/mol. The molecule has 1 heterocycles. The van der Waals surface area contributed by atoms with E-state index in [1.54, 1.807) is 6.92 Å². The predicted octanol–water partition coefficient (Wildman–Crippen LogP) is 3.95. The summed E-state index contributed by atoms with van der Waals surface area (Å²) in [5.41, 5.74) is 0.723. The van der Waals surface area contributed by atoms with Gasteiger partial charge < -0.3 is 0 Å². The van der Waals surface area contributed by atoms with E-state index in [9.17, 15) is 4.39 Å². The van der Waals surface area contributed by atoms with Crippen molar-refractivity contribution in [2.75, 3.05) is 0 Å². The van der Waals surface area contributed by atoms with Crippen molar-refractivity contribution in [2.24, 2.45) is 0 Å². The fourth-order valence-electron chi connectivity index (χ4n) is 1.14. The standard InChI is InChI=1S/C9H6FIS/c1-5-2-3-6-4-7(11)12-9(6)8(5)10/h2-4H,1H3. The van der Waals surface area contributed by atoms with Crippen LogP contribution in [0.2, 0.25) is 0 Å². The topological polar surface area (TPSA) is 0 Å². The van der Waals surface area contributed by atoms with Gasteiger partial charge in [-0.15, -0.1) is 11.3 Å². The molecular weight excluding hydrogens is 286 g/mol. The minimum Gasteiger partial charge on any atom is -0.205 e. The number of halogens is 2. The molecule has 0 saturated carbocycles. The number of rotatable bonds is 0. The van der Waals surface area contributed by atoms with Crippen LogP contribution in [0.3, 0.4) is 0 Å². The number of aryl methyl sites for hydroxylation is 1. The minimum absolute atomic E-state index is 0.0691. The first kappa shape index (κ1) is 8.44. The lowest BCUT2D eigenvalue weighted by Gasteiger charge is -1.95. The molecule has 0 bridgehead atoms. The Hall–Kier alpha value is -0.160. The van der Waals surface area contributed by atoms with E-state index in [1.165, 1.54) is 11.3 Å². The largest absolute Gasteiger partial charge is 0.205 e. The van der Waals surface area contributed by atoms with E-state index in [1.807, 2.05) is 18.2 Å². The maximum absolute atomic E-state index is 13.4. The molecule has 0 atom stereocenters. The lowest BCUT2D eigenvalue weighted by Crippen LogP contribution is -1.79. The number of benzene rings is 1. The van der Waals surface area contributed by atoms with Gasteiger partial charge >= 0.3 is 0 Å². The Kier molecular flexibility index (Phi) is 2.08. The van der Waals surface area contributed by atoms with Crippen LogP contribution >= 0.6 is 33.9 Å². The van der Waals surface area contributed by atoms with Crippen molar-refractivity contribution in [2.45, 2.75) is 6.92 Å². The molecule has 62 valence electrons. The molecule has 0 aliphatic carbocycles. The van der Waals surface area contributed by atoms with Crippen molar-refractivity contribution in [3.05, 3.63) is 32.5 Å². The average molecular weight is 292 g/mol. The third kappa shape index (κ3) is 1.25. The van der Waals surface area contributed by atoms with Crippen molar-refractivity contribution in [3.8, 4) is 0 Å². The second kappa shape index (κ2) is 2.96. The highest BCUT2D eigenvalue weighted by Gasteiger charge is 2.06. The average Bonchev–Trinajstić information content (AvgIpc) is 2.39. The summed E-state index contributed by atoms with van der Waals surface area (Å²) < 4.78 is 15.3. The van der Waals surface area contributed by atoms with Crippen LogP contribution in [0.25, 0.3) is 10.1 Å². The summed E-state index contributed by atoms with van der Waals surface area (Å²) in [5.74, 6) is -0.0691. The molecule has 2 aromatic rings. The Labute approximate surface area is 87.5 Å². The normalized spacial score (nSPS) is 10.9. The van der Waals surface area contributed by atoms with Crippen LogP contribution in [-0.4, -0.2) is 0 Å². The van der Waals surface area contributed by atoms with Crippen molar-refractivity contribution in [1.29, 1.82) is 0 Å². The Morgan fingerprint density at radius 2 is 2.17 bits per heavy atom. The molecule has 0 N–H and O–H groups in total. The highest BCUT2D eigenvalue weighted by Crippen LogP contribution is 2.30. The van der Waals surface area contributed by atoms with E-state index >= 15 is 0 Å². The third-order valence-corrected chi connectivity index (χ3v) is 3.69. The molecule has 0 spiro atoms. The van der Waals surface area contributed by atoms with E-state index in [4.69, 9.17) is 0 Å². The minimum atomic E-state index is -0.0691. The molecule has 3 heteroatoms. The quantitative estimate of drug-likeness (QED) is 0.645. The van der Waals surface area contributed by atoms with Gasteiger partial charge in [0.1, 0.15) is 5.82 Å². The van der Waals surface area contributed by atoms with E-state index in [-0.39, 0.29) is 5.82 Å². The van der Waals surface area contributed by atoms with Gasteiger partial charge in [0, 0.05) is 0 Å². The second-order valence-corrected chi connectivity index (χ2v) is 5.61. The first-order valence-corrected chi connectivity index (χ1v) is 5.42. The summed E-state index contributed by atoms with van der Waals surface area (Å²) in [6.45, 7) is 1.79. The molecule has 0 fully saturated rings. The molecule has 2 rings (SSSR count). The van der Waals surface area contributed by atoms with Gasteiger partial charge in [-0.25, -0.2) is 4.39 Å². The molecule has 0 saturated heterocycles. The first-order chi connectivity index (χ1) is 5.68. The van der Waals surface area contributed by atoms with Crippen LogP contribution in [0.5, 0.6) is 0 Å². The molecule has 0 aliphatic heterocycles. The molecule has 1 aromatic heterocycles. The molecule has 0 amide bonds. The first-order valence-electron chi connectivity index (χ1n) is 3.52. The second-order valence-electron chi connectivity index (χ2n) is 2.67. The van der Waals surface area contributed by atoms with Crippen LogP contribution in [0.4, 0.5) is 4.39 Å². The maximum Gasteiger partial charge on any atom is 0.143 e. The van der Waals surface area contributed by atoms with Crippen LogP contribution in [-0.2, 0) is 0 Å². The van der Waals surface area contributed by atoms with E-state index in [0.717, 1.165) is 18.5 Å². The van der Waals surface area contributed by atoms with Crippen LogP contribution < -0.4 is 0 Å². The fraction of sp³-hybridized carbons (Fsp3) is 0.111. The highest BCUT2D eigenvalue weighted by molar-refractivity contribution is 14.1. The lowest BCUT2D eigenvalue weighted by molar-refractivity contribution is 0.632. The molecular formula is C9H6FIS. The Morgan fingerprint density at radius 3 is 2.92 bits per heavy atom. The summed E-state index contributed by atoms with van der Waals surface area (Å²) in [5, 5.41) is 1.01. The number of thiophene rings is 1. The van der Waals surface area contributed by atoms with Gasteiger partial charge in [0.15, 0.2) is 0 Å². The summed E-state index contributed by atoms with van der Waals surface area (Å²) in [7, 11) is 0. The SMILES string of the molecule is Cc1ccc2cc(I)sc2c1F. The number of hydrogen-bond donors (Lipinski definition) is 0. The van der Waals surface area contributed by atoms with Crippen LogP contribution in [0.15, 0.2) is 18.2 Å². The van der Waals surface area contributed by atoms with Crippen LogP contribution in [0.1, 0.15) is 5.56 Å². The molecule has 0 unspecified atom stereocenters. The van der Waals surface area contributed by atoms with Gasteiger partial charge in [0.05, 0.1) is 7.58 Å². The van der Waals surface area contributed by atoms with Crippen molar-refractivity contribution >= 4 is 44.0 Å². The Morgan fingerprint density at radius 1 is 1.42 bits per heavy atom. The predicted molar refractivity (Wildman–Crippen MR) is 59.2 cm³/mol. The van der Waals surface area contributed by atoms with E-state index in [0.29, 0.717) is 0 Å². The summed E-state index contributed by atoms with van der Waals surface area (Å²) >= 11 is 3.72. The number of hydrogen-bond acceptors (Lipinski definition) is 1. The van der Waals surface area contributed by atoms with Gasteiger partial charge in [-0.1, -0.05) is 12.1 Å². The fourth-order valence-corrected chi connectivity index (χ4v) is 3.01. The number of fused-ring (bicyclic) bond motifs is 1. The van der Waals surface area contributed by atoms with E-state index < -0.39 is 0 Å². The lowest BCUT2D eigenvalue weighted by atomic mass is 10.2. The Balaban J connectivity index is 2.89. The van der Waals surface area contributed by atoms with Gasteiger partial charge in [-0.3, -0.25) is 0 Å². The maximum atomic E-state index is 13.4. The molecule has 0 nitrogen and oxygen atoms in total. The smallest absolute Gasteiger partial charge is 0.143 e. The van der Waals surface area contributed by atoms with Gasteiger partial charge in [0.2, 0.25) is 0 Å². The van der Waals surface area contributed by atoms with Crippen LogP contribution in [0, 0.1) is 15.6 Å². The molecule has 1 aromatic carbocycles. The van der Waals surface area contributed by atoms with Crippen molar-refractivity contribution < 1.29 is 4.39 Å². The molecule has 12 heavy (non-hydrogen) atoms. The van der Waals surface area contributed by atoms with Crippen molar-refractivity contribution in [3.63, 3.8) is 0 Å². The van der Waals surface area contributed by atoms with Gasteiger partial charge in [-0.05, 0) is 46.5 Å². The van der Waals surface area contributed by atoms with E-state index in [2.05, 4.69) is 22.6 Å². The molecule has 0 aliphatic rings. The highest BCUT2D eigenvalue weighted by atomic mass is 127. The zero-order valence-corrected chi connectivity index (χ0v) is 9.37. The van der Waals surface area contributed by atoms with Crippen molar-refractivity contribution in [1.82, 2.24) is 0 Å².